The average molecular weight is 392 g/mol. The normalized spacial score (nSPS) is 42.7. The first kappa shape index (κ1) is 14.1. The van der Waals surface area contributed by atoms with Crippen molar-refractivity contribution in [3.63, 3.8) is 0 Å². The summed E-state index contributed by atoms with van der Waals surface area (Å²) >= 11 is 17.0. The SMILES string of the molecule is NC1C(Cl)(Br)C=C(Cl)CC1(Br)C(F)(F)F. The van der Waals surface area contributed by atoms with Crippen LogP contribution in [-0.2, 0) is 0 Å². The van der Waals surface area contributed by atoms with Gasteiger partial charge in [-0.2, -0.15) is 13.2 Å². The van der Waals surface area contributed by atoms with E-state index in [-0.39, 0.29) is 5.03 Å². The second-order valence-electron chi connectivity index (χ2n) is 3.28. The van der Waals surface area contributed by atoms with E-state index in [1.54, 1.807) is 0 Å². The first-order valence-electron chi connectivity index (χ1n) is 3.77. The molecule has 88 valence electrons. The van der Waals surface area contributed by atoms with Crippen LogP contribution in [0.5, 0.6) is 0 Å². The molecule has 0 fully saturated rings. The fourth-order valence-electron chi connectivity index (χ4n) is 1.29. The van der Waals surface area contributed by atoms with E-state index in [0.717, 1.165) is 0 Å². The third-order valence-corrected chi connectivity index (χ3v) is 4.69. The van der Waals surface area contributed by atoms with Gasteiger partial charge in [0.1, 0.15) is 8.11 Å². The largest absolute Gasteiger partial charge is 0.405 e. The summed E-state index contributed by atoms with van der Waals surface area (Å²) in [6.07, 6.45) is -3.69. The average Bonchev–Trinajstić information content (AvgIpc) is 1.96. The zero-order valence-electron chi connectivity index (χ0n) is 7.08. The molecule has 0 aromatic carbocycles. The molecule has 0 heterocycles. The maximum Gasteiger partial charge on any atom is 0.405 e. The number of hydrogen-bond acceptors (Lipinski definition) is 1. The lowest BCUT2D eigenvalue weighted by Gasteiger charge is -2.43. The molecule has 1 nitrogen and oxygen atoms in total. The van der Waals surface area contributed by atoms with E-state index in [9.17, 15) is 13.2 Å². The summed E-state index contributed by atoms with van der Waals surface area (Å²) in [7, 11) is 0. The minimum absolute atomic E-state index is 0.0118. The van der Waals surface area contributed by atoms with Gasteiger partial charge < -0.3 is 5.73 Å². The highest BCUT2D eigenvalue weighted by Gasteiger charge is 2.63. The van der Waals surface area contributed by atoms with Crippen LogP contribution in [-0.4, -0.2) is 20.3 Å². The van der Waals surface area contributed by atoms with E-state index in [1.807, 2.05) is 0 Å². The second-order valence-corrected chi connectivity index (χ2v) is 7.58. The Kier molecular flexibility index (Phi) is 3.80. The van der Waals surface area contributed by atoms with Crippen LogP contribution >= 0.6 is 55.1 Å². The van der Waals surface area contributed by atoms with Gasteiger partial charge in [0.15, 0.2) is 0 Å². The van der Waals surface area contributed by atoms with Gasteiger partial charge in [0.2, 0.25) is 0 Å². The first-order chi connectivity index (χ1) is 6.51. The van der Waals surface area contributed by atoms with Crippen molar-refractivity contribution in [3.05, 3.63) is 11.1 Å². The van der Waals surface area contributed by atoms with Gasteiger partial charge in [-0.05, 0) is 6.08 Å². The van der Waals surface area contributed by atoms with Crippen molar-refractivity contribution in [1.29, 1.82) is 0 Å². The van der Waals surface area contributed by atoms with Crippen molar-refractivity contribution in [2.75, 3.05) is 0 Å². The van der Waals surface area contributed by atoms with Crippen molar-refractivity contribution >= 4 is 55.1 Å². The second kappa shape index (κ2) is 4.05. The van der Waals surface area contributed by atoms with Crippen molar-refractivity contribution in [3.8, 4) is 0 Å². The van der Waals surface area contributed by atoms with Crippen LogP contribution in [0.2, 0.25) is 0 Å². The Labute approximate surface area is 111 Å². The van der Waals surface area contributed by atoms with Crippen LogP contribution in [0.15, 0.2) is 11.1 Å². The van der Waals surface area contributed by atoms with E-state index in [0.29, 0.717) is 0 Å². The standard InChI is InChI=1S/C7H6Br2Cl2F3N/c8-5(7(12,13)14)1-3(10)2-6(9,11)4(5)15/h2,4H,1,15H2. The van der Waals surface area contributed by atoms with Crippen LogP contribution in [0.25, 0.3) is 0 Å². The highest BCUT2D eigenvalue weighted by Crippen LogP contribution is 2.53. The Morgan fingerprint density at radius 1 is 1.47 bits per heavy atom. The van der Waals surface area contributed by atoms with Gasteiger partial charge in [-0.3, -0.25) is 0 Å². The minimum Gasteiger partial charge on any atom is -0.324 e. The molecule has 1 rings (SSSR count). The van der Waals surface area contributed by atoms with Crippen molar-refractivity contribution < 1.29 is 13.2 Å². The molecule has 3 unspecified atom stereocenters. The molecule has 3 atom stereocenters. The van der Waals surface area contributed by atoms with Crippen LogP contribution in [0.1, 0.15) is 6.42 Å². The molecule has 0 spiro atoms. The van der Waals surface area contributed by atoms with Gasteiger partial charge in [0.05, 0.1) is 6.04 Å². The molecule has 2 N–H and O–H groups in total. The predicted octanol–water partition coefficient (Wildman–Crippen LogP) is 3.87. The molecule has 1 aliphatic carbocycles. The van der Waals surface area contributed by atoms with Gasteiger partial charge >= 0.3 is 6.18 Å². The quantitative estimate of drug-likeness (QED) is 0.623. The van der Waals surface area contributed by atoms with Crippen LogP contribution in [0.3, 0.4) is 0 Å². The molecule has 0 amide bonds. The Hall–Kier alpha value is 1.03. The Morgan fingerprint density at radius 3 is 2.33 bits per heavy atom. The monoisotopic (exact) mass is 389 g/mol. The van der Waals surface area contributed by atoms with Gasteiger partial charge in [-0.1, -0.05) is 43.5 Å². The lowest BCUT2D eigenvalue weighted by molar-refractivity contribution is -0.162. The Balaban J connectivity index is 3.20. The topological polar surface area (TPSA) is 26.0 Å². The first-order valence-corrected chi connectivity index (χ1v) is 6.11. The van der Waals surface area contributed by atoms with Crippen LogP contribution < -0.4 is 5.73 Å². The fraction of sp³-hybridized carbons (Fsp3) is 0.714. The summed E-state index contributed by atoms with van der Waals surface area (Å²) in [5.74, 6) is 0. The summed E-state index contributed by atoms with van der Waals surface area (Å²) < 4.78 is 34.6. The molecule has 8 heteroatoms. The Bertz CT molecular complexity index is 305. The Morgan fingerprint density at radius 2 is 1.93 bits per heavy atom. The van der Waals surface area contributed by atoms with Crippen molar-refractivity contribution in [1.82, 2.24) is 0 Å². The molecule has 15 heavy (non-hydrogen) atoms. The molecular weight excluding hydrogens is 386 g/mol. The highest BCUT2D eigenvalue weighted by molar-refractivity contribution is 9.11. The summed E-state index contributed by atoms with van der Waals surface area (Å²) in [6.45, 7) is 0. The maximum atomic E-state index is 12.8. The molecule has 0 saturated heterocycles. The van der Waals surface area contributed by atoms with E-state index < -0.39 is 26.7 Å². The summed E-state index contributed by atoms with van der Waals surface area (Å²) in [6, 6.07) is -1.38. The number of rotatable bonds is 0. The number of alkyl halides is 6. The number of halogens is 7. The summed E-state index contributed by atoms with van der Waals surface area (Å²) in [4.78, 5) is 0. The van der Waals surface area contributed by atoms with E-state index in [1.165, 1.54) is 6.08 Å². The fourth-order valence-corrected chi connectivity index (χ4v) is 4.11. The molecule has 1 aliphatic rings. The molecule has 0 radical (unpaired) electrons. The third-order valence-electron chi connectivity index (χ3n) is 2.15. The van der Waals surface area contributed by atoms with Gasteiger partial charge in [0.25, 0.3) is 0 Å². The summed E-state index contributed by atoms with van der Waals surface area (Å²) in [5.41, 5.74) is 5.49. The number of nitrogens with two attached hydrogens (primary N) is 1. The lowest BCUT2D eigenvalue weighted by Crippen LogP contribution is -2.61. The van der Waals surface area contributed by atoms with E-state index in [2.05, 4.69) is 31.9 Å². The molecule has 0 aromatic rings. The van der Waals surface area contributed by atoms with Crippen molar-refractivity contribution in [2.24, 2.45) is 5.73 Å². The predicted molar refractivity (Wildman–Crippen MR) is 61.8 cm³/mol. The molecule has 0 aromatic heterocycles. The van der Waals surface area contributed by atoms with E-state index >= 15 is 0 Å². The highest BCUT2D eigenvalue weighted by atomic mass is 79.9. The molecule has 0 bridgehead atoms. The number of hydrogen-bond donors (Lipinski definition) is 1. The van der Waals surface area contributed by atoms with Crippen LogP contribution in [0, 0.1) is 0 Å². The van der Waals surface area contributed by atoms with E-state index in [4.69, 9.17) is 28.9 Å². The van der Waals surface area contributed by atoms with Crippen molar-refractivity contribution in [2.45, 2.75) is 26.7 Å². The van der Waals surface area contributed by atoms with Gasteiger partial charge in [-0.15, -0.1) is 11.6 Å². The zero-order chi connectivity index (χ0) is 12.1. The molecule has 0 saturated carbocycles. The van der Waals surface area contributed by atoms with Gasteiger partial charge in [0, 0.05) is 11.5 Å². The third kappa shape index (κ3) is 2.49. The maximum absolute atomic E-state index is 12.8. The minimum atomic E-state index is -4.53. The van der Waals surface area contributed by atoms with Crippen LogP contribution in [0.4, 0.5) is 13.2 Å². The summed E-state index contributed by atoms with van der Waals surface area (Å²) in [5, 5.41) is 0.0118. The molecular formula is C7H6Br2Cl2F3N. The lowest BCUT2D eigenvalue weighted by atomic mass is 9.88. The number of allylic oxidation sites excluding steroid dienone is 1. The van der Waals surface area contributed by atoms with Gasteiger partial charge in [-0.25, -0.2) is 0 Å². The zero-order valence-corrected chi connectivity index (χ0v) is 11.8. The smallest absolute Gasteiger partial charge is 0.324 e. The molecule has 0 aliphatic heterocycles.